The predicted octanol–water partition coefficient (Wildman–Crippen LogP) is 3.20. The summed E-state index contributed by atoms with van der Waals surface area (Å²) in [5, 5.41) is 11.9. The van der Waals surface area contributed by atoms with Gasteiger partial charge in [0.05, 0.1) is 29.4 Å². The standard InChI is InChI=1S/C22H20N2O7/c1-14-2-4-17-15(11-21(25)31-20(17)10-14)13-30-22(26)18-12-16(24(27)28)3-5-19(18)23-6-8-29-9-7-23/h2-5,10-12H,6-9,13H2,1H3. The van der Waals surface area contributed by atoms with Gasteiger partial charge < -0.3 is 18.8 Å². The van der Waals surface area contributed by atoms with Crippen LogP contribution in [0.15, 0.2) is 51.7 Å². The average Bonchev–Trinajstić information content (AvgIpc) is 2.77. The van der Waals surface area contributed by atoms with Crippen LogP contribution in [0.4, 0.5) is 11.4 Å². The number of nitro groups is 1. The predicted molar refractivity (Wildman–Crippen MR) is 112 cm³/mol. The van der Waals surface area contributed by atoms with Crippen molar-refractivity contribution in [3.8, 4) is 0 Å². The summed E-state index contributed by atoms with van der Waals surface area (Å²) < 4.78 is 16.0. The molecule has 3 aromatic rings. The first kappa shape index (κ1) is 20.5. The van der Waals surface area contributed by atoms with E-state index in [-0.39, 0.29) is 17.9 Å². The molecule has 0 spiro atoms. The van der Waals surface area contributed by atoms with E-state index >= 15 is 0 Å². The molecule has 1 aromatic heterocycles. The van der Waals surface area contributed by atoms with Crippen molar-refractivity contribution < 1.29 is 23.6 Å². The minimum absolute atomic E-state index is 0.0965. The first-order valence-electron chi connectivity index (χ1n) is 9.74. The van der Waals surface area contributed by atoms with E-state index in [0.717, 1.165) is 5.56 Å². The molecule has 2 aromatic carbocycles. The maximum Gasteiger partial charge on any atom is 0.340 e. The summed E-state index contributed by atoms with van der Waals surface area (Å²) in [5.74, 6) is -0.710. The largest absolute Gasteiger partial charge is 0.457 e. The Morgan fingerprint density at radius 3 is 2.68 bits per heavy atom. The maximum atomic E-state index is 12.9. The van der Waals surface area contributed by atoms with E-state index in [1.54, 1.807) is 18.2 Å². The molecule has 0 N–H and O–H groups in total. The number of aryl methyl sites for hydroxylation is 1. The third-order valence-corrected chi connectivity index (χ3v) is 5.11. The van der Waals surface area contributed by atoms with Crippen LogP contribution < -0.4 is 10.5 Å². The highest BCUT2D eigenvalue weighted by atomic mass is 16.6. The molecule has 0 amide bonds. The molecule has 1 fully saturated rings. The molecule has 1 aliphatic rings. The summed E-state index contributed by atoms with van der Waals surface area (Å²) in [4.78, 5) is 37.4. The highest BCUT2D eigenvalue weighted by molar-refractivity contribution is 5.97. The van der Waals surface area contributed by atoms with Gasteiger partial charge in [-0.1, -0.05) is 12.1 Å². The summed E-state index contributed by atoms with van der Waals surface area (Å²) in [5.41, 5.74) is 1.72. The van der Waals surface area contributed by atoms with E-state index in [4.69, 9.17) is 13.9 Å². The van der Waals surface area contributed by atoms with Gasteiger partial charge in [-0.2, -0.15) is 0 Å². The van der Waals surface area contributed by atoms with Crippen LogP contribution in [-0.4, -0.2) is 37.2 Å². The highest BCUT2D eigenvalue weighted by Crippen LogP contribution is 2.28. The fourth-order valence-electron chi connectivity index (χ4n) is 3.56. The Kier molecular flexibility index (Phi) is 5.68. The molecule has 0 aliphatic carbocycles. The zero-order valence-electron chi connectivity index (χ0n) is 16.8. The van der Waals surface area contributed by atoms with E-state index in [1.165, 1.54) is 18.2 Å². The van der Waals surface area contributed by atoms with Crippen LogP contribution in [0.3, 0.4) is 0 Å². The van der Waals surface area contributed by atoms with Crippen molar-refractivity contribution in [2.45, 2.75) is 13.5 Å². The van der Waals surface area contributed by atoms with Gasteiger partial charge in [-0.3, -0.25) is 10.1 Å². The summed E-state index contributed by atoms with van der Waals surface area (Å²) in [7, 11) is 0. The van der Waals surface area contributed by atoms with Gasteiger partial charge in [0.1, 0.15) is 12.2 Å². The first-order valence-corrected chi connectivity index (χ1v) is 9.74. The second-order valence-corrected chi connectivity index (χ2v) is 7.22. The van der Waals surface area contributed by atoms with Crippen LogP contribution in [-0.2, 0) is 16.1 Å². The van der Waals surface area contributed by atoms with E-state index in [0.29, 0.717) is 48.5 Å². The monoisotopic (exact) mass is 424 g/mol. The fraction of sp³-hybridized carbons (Fsp3) is 0.273. The Morgan fingerprint density at radius 1 is 1.16 bits per heavy atom. The van der Waals surface area contributed by atoms with Crippen LogP contribution in [0.5, 0.6) is 0 Å². The lowest BCUT2D eigenvalue weighted by Crippen LogP contribution is -2.37. The number of nitrogens with zero attached hydrogens (tertiary/aromatic N) is 2. The Labute approximate surface area is 176 Å². The van der Waals surface area contributed by atoms with Crippen molar-refractivity contribution in [2.75, 3.05) is 31.2 Å². The number of non-ortho nitro benzene ring substituents is 1. The minimum Gasteiger partial charge on any atom is -0.457 e. The summed E-state index contributed by atoms with van der Waals surface area (Å²) in [6, 6.07) is 10.8. The number of esters is 1. The molecule has 0 saturated carbocycles. The Hall–Kier alpha value is -3.72. The lowest BCUT2D eigenvalue weighted by Gasteiger charge is -2.30. The van der Waals surface area contributed by atoms with Crippen molar-refractivity contribution in [2.24, 2.45) is 0 Å². The molecule has 0 atom stereocenters. The zero-order chi connectivity index (χ0) is 22.0. The van der Waals surface area contributed by atoms with Crippen molar-refractivity contribution in [3.63, 3.8) is 0 Å². The Morgan fingerprint density at radius 2 is 1.94 bits per heavy atom. The fourth-order valence-corrected chi connectivity index (χ4v) is 3.56. The number of morpholine rings is 1. The van der Waals surface area contributed by atoms with Gasteiger partial charge in [0.2, 0.25) is 0 Å². The van der Waals surface area contributed by atoms with Crippen LogP contribution >= 0.6 is 0 Å². The van der Waals surface area contributed by atoms with Gasteiger partial charge in [-0.15, -0.1) is 0 Å². The molecule has 31 heavy (non-hydrogen) atoms. The molecule has 160 valence electrons. The van der Waals surface area contributed by atoms with E-state index in [2.05, 4.69) is 0 Å². The molecule has 0 radical (unpaired) electrons. The topological polar surface area (TPSA) is 112 Å². The summed E-state index contributed by atoms with van der Waals surface area (Å²) in [6.07, 6.45) is 0. The second-order valence-electron chi connectivity index (χ2n) is 7.22. The van der Waals surface area contributed by atoms with Crippen molar-refractivity contribution in [3.05, 3.63) is 79.7 Å². The molecule has 1 aliphatic heterocycles. The smallest absolute Gasteiger partial charge is 0.340 e. The number of carbonyl (C=O) groups excluding carboxylic acids is 1. The highest BCUT2D eigenvalue weighted by Gasteiger charge is 2.23. The molecular weight excluding hydrogens is 404 g/mol. The second kappa shape index (κ2) is 8.57. The van der Waals surface area contributed by atoms with Gasteiger partial charge >= 0.3 is 11.6 Å². The van der Waals surface area contributed by atoms with Gasteiger partial charge in [0.25, 0.3) is 5.69 Å². The van der Waals surface area contributed by atoms with Crippen molar-refractivity contribution >= 4 is 28.3 Å². The van der Waals surface area contributed by atoms with Gasteiger partial charge in [-0.25, -0.2) is 9.59 Å². The molecular formula is C22H20N2O7. The first-order chi connectivity index (χ1) is 14.9. The quantitative estimate of drug-likeness (QED) is 0.266. The number of hydrogen-bond donors (Lipinski definition) is 0. The van der Waals surface area contributed by atoms with Crippen LogP contribution in [0.2, 0.25) is 0 Å². The summed E-state index contributed by atoms with van der Waals surface area (Å²) >= 11 is 0. The average molecular weight is 424 g/mol. The molecule has 0 unspecified atom stereocenters. The molecule has 4 rings (SSSR count). The number of ether oxygens (including phenoxy) is 2. The molecule has 1 saturated heterocycles. The van der Waals surface area contributed by atoms with Crippen molar-refractivity contribution in [1.29, 1.82) is 0 Å². The Bertz CT molecular complexity index is 1210. The number of hydrogen-bond acceptors (Lipinski definition) is 8. The van der Waals surface area contributed by atoms with Crippen LogP contribution in [0.25, 0.3) is 11.0 Å². The van der Waals surface area contributed by atoms with Crippen molar-refractivity contribution in [1.82, 2.24) is 0 Å². The van der Waals surface area contributed by atoms with E-state index < -0.39 is 16.5 Å². The van der Waals surface area contributed by atoms with Crippen LogP contribution in [0.1, 0.15) is 21.5 Å². The number of nitro benzene ring substituents is 1. The van der Waals surface area contributed by atoms with Gasteiger partial charge in [0.15, 0.2) is 0 Å². The number of carbonyl (C=O) groups is 1. The number of rotatable bonds is 5. The third-order valence-electron chi connectivity index (χ3n) is 5.11. The zero-order valence-corrected chi connectivity index (χ0v) is 16.8. The number of fused-ring (bicyclic) bond motifs is 1. The Balaban J connectivity index is 1.64. The van der Waals surface area contributed by atoms with E-state index in [1.807, 2.05) is 17.9 Å². The maximum absolute atomic E-state index is 12.9. The number of anilines is 1. The van der Waals surface area contributed by atoms with Gasteiger partial charge in [-0.05, 0) is 24.6 Å². The molecule has 9 heteroatoms. The minimum atomic E-state index is -0.710. The molecule has 0 bridgehead atoms. The lowest BCUT2D eigenvalue weighted by atomic mass is 10.1. The van der Waals surface area contributed by atoms with Crippen LogP contribution in [0, 0.1) is 17.0 Å². The number of benzene rings is 2. The summed E-state index contributed by atoms with van der Waals surface area (Å²) in [6.45, 7) is 3.81. The van der Waals surface area contributed by atoms with E-state index in [9.17, 15) is 19.7 Å². The third kappa shape index (κ3) is 4.41. The molecule has 2 heterocycles. The lowest BCUT2D eigenvalue weighted by molar-refractivity contribution is -0.384. The van der Waals surface area contributed by atoms with Gasteiger partial charge in [0, 0.05) is 42.2 Å². The molecule has 9 nitrogen and oxygen atoms in total. The SMILES string of the molecule is Cc1ccc2c(COC(=O)c3cc([N+](=O)[O-])ccc3N3CCOCC3)cc(=O)oc2c1. The normalized spacial score (nSPS) is 13.9.